The summed E-state index contributed by atoms with van der Waals surface area (Å²) >= 11 is 0. The van der Waals surface area contributed by atoms with Gasteiger partial charge in [0, 0.05) is 20.0 Å². The number of benzene rings is 1. The molecule has 0 heterocycles. The lowest BCUT2D eigenvalue weighted by molar-refractivity contribution is -0.139. The molecule has 0 bridgehead atoms. The monoisotopic (exact) mass is 321 g/mol. The Kier molecular flexibility index (Phi) is 7.76. The number of nitrogens with one attached hydrogen (secondary N) is 2. The van der Waals surface area contributed by atoms with Gasteiger partial charge in [-0.1, -0.05) is 37.3 Å². The maximum absolute atomic E-state index is 12.3. The molecule has 0 aliphatic rings. The molecule has 0 saturated heterocycles. The minimum atomic E-state index is -0.974. The first-order chi connectivity index (χ1) is 10.9. The number of hydrogen-bond acceptors (Lipinski definition) is 4. The minimum absolute atomic E-state index is 0.142. The van der Waals surface area contributed by atoms with Crippen molar-refractivity contribution in [3.63, 3.8) is 0 Å². The van der Waals surface area contributed by atoms with Crippen LogP contribution in [0.1, 0.15) is 19.4 Å². The summed E-state index contributed by atoms with van der Waals surface area (Å²) in [6.07, 6.45) is 0. The first kappa shape index (κ1) is 18.6. The van der Waals surface area contributed by atoms with Gasteiger partial charge in [-0.05, 0) is 12.1 Å². The smallest absolute Gasteiger partial charge is 0.317 e. The quantitative estimate of drug-likeness (QED) is 0.604. The van der Waals surface area contributed by atoms with E-state index in [1.807, 2.05) is 30.3 Å². The summed E-state index contributed by atoms with van der Waals surface area (Å²) < 4.78 is 0. The van der Waals surface area contributed by atoms with Crippen molar-refractivity contribution in [3.8, 4) is 0 Å². The van der Waals surface area contributed by atoms with Gasteiger partial charge in [0.25, 0.3) is 0 Å². The van der Waals surface area contributed by atoms with Crippen LogP contribution in [0.4, 0.5) is 0 Å². The highest BCUT2D eigenvalue weighted by Crippen LogP contribution is 1.99. The molecule has 0 fully saturated rings. The molecule has 1 rings (SSSR count). The SMILES string of the molecule is CCN(CC(=O)O)CC(NC(C)=O)C(=O)NCc1ccccc1. The van der Waals surface area contributed by atoms with Crippen LogP contribution in [-0.2, 0) is 20.9 Å². The van der Waals surface area contributed by atoms with Crippen LogP contribution in [-0.4, -0.2) is 53.5 Å². The van der Waals surface area contributed by atoms with Gasteiger partial charge in [0.2, 0.25) is 11.8 Å². The van der Waals surface area contributed by atoms with Crippen LogP contribution in [0.5, 0.6) is 0 Å². The van der Waals surface area contributed by atoms with Crippen molar-refractivity contribution in [2.24, 2.45) is 0 Å². The molecule has 1 atom stereocenters. The number of hydrogen-bond donors (Lipinski definition) is 3. The van der Waals surface area contributed by atoms with E-state index in [0.717, 1.165) is 5.56 Å². The van der Waals surface area contributed by atoms with Crippen molar-refractivity contribution in [1.82, 2.24) is 15.5 Å². The van der Waals surface area contributed by atoms with Gasteiger partial charge < -0.3 is 15.7 Å². The van der Waals surface area contributed by atoms with E-state index in [9.17, 15) is 14.4 Å². The largest absolute Gasteiger partial charge is 0.480 e. The average molecular weight is 321 g/mol. The molecule has 3 N–H and O–H groups in total. The Morgan fingerprint density at radius 1 is 1.22 bits per heavy atom. The van der Waals surface area contributed by atoms with Crippen LogP contribution in [0.25, 0.3) is 0 Å². The predicted molar refractivity (Wildman–Crippen MR) is 85.6 cm³/mol. The highest BCUT2D eigenvalue weighted by molar-refractivity contribution is 5.87. The maximum Gasteiger partial charge on any atom is 0.317 e. The molecule has 126 valence electrons. The summed E-state index contributed by atoms with van der Waals surface area (Å²) in [7, 11) is 0. The third kappa shape index (κ3) is 7.42. The van der Waals surface area contributed by atoms with Crippen LogP contribution in [0.3, 0.4) is 0 Å². The Morgan fingerprint density at radius 3 is 2.39 bits per heavy atom. The normalized spacial score (nSPS) is 11.8. The molecule has 0 saturated carbocycles. The Labute approximate surface area is 135 Å². The number of amides is 2. The standard InChI is InChI=1S/C16H23N3O4/c1-3-19(11-15(21)22)10-14(18-12(2)20)16(23)17-9-13-7-5-4-6-8-13/h4-8,14H,3,9-11H2,1-2H3,(H,17,23)(H,18,20)(H,21,22). The Hall–Kier alpha value is -2.41. The summed E-state index contributed by atoms with van der Waals surface area (Å²) in [6, 6.07) is 8.61. The highest BCUT2D eigenvalue weighted by atomic mass is 16.4. The van der Waals surface area contributed by atoms with E-state index >= 15 is 0 Å². The van der Waals surface area contributed by atoms with E-state index in [-0.39, 0.29) is 24.9 Å². The predicted octanol–water partition coefficient (Wildman–Crippen LogP) is 0.214. The van der Waals surface area contributed by atoms with E-state index in [1.165, 1.54) is 6.92 Å². The fraction of sp³-hybridized carbons (Fsp3) is 0.438. The van der Waals surface area contributed by atoms with E-state index in [1.54, 1.807) is 11.8 Å². The molecule has 1 aromatic carbocycles. The van der Waals surface area contributed by atoms with Gasteiger partial charge in [-0.25, -0.2) is 0 Å². The van der Waals surface area contributed by atoms with Crippen LogP contribution in [0.2, 0.25) is 0 Å². The number of rotatable bonds is 9. The molecule has 0 radical (unpaired) electrons. The summed E-state index contributed by atoms with van der Waals surface area (Å²) in [6.45, 7) is 3.90. The van der Waals surface area contributed by atoms with Crippen molar-refractivity contribution in [2.45, 2.75) is 26.4 Å². The zero-order valence-corrected chi connectivity index (χ0v) is 13.4. The van der Waals surface area contributed by atoms with E-state index < -0.39 is 12.0 Å². The molecule has 7 nitrogen and oxygen atoms in total. The number of nitrogens with zero attached hydrogens (tertiary/aromatic N) is 1. The van der Waals surface area contributed by atoms with Gasteiger partial charge in [0.05, 0.1) is 6.54 Å². The van der Waals surface area contributed by atoms with Gasteiger partial charge in [-0.2, -0.15) is 0 Å². The number of carboxylic acids is 1. The van der Waals surface area contributed by atoms with Crippen molar-refractivity contribution < 1.29 is 19.5 Å². The zero-order valence-electron chi connectivity index (χ0n) is 13.4. The first-order valence-electron chi connectivity index (χ1n) is 7.45. The fourth-order valence-electron chi connectivity index (χ4n) is 2.10. The van der Waals surface area contributed by atoms with Gasteiger partial charge in [-0.15, -0.1) is 0 Å². The minimum Gasteiger partial charge on any atom is -0.480 e. The van der Waals surface area contributed by atoms with Crippen LogP contribution < -0.4 is 10.6 Å². The number of aliphatic carboxylic acids is 1. The van der Waals surface area contributed by atoms with Gasteiger partial charge in [-0.3, -0.25) is 19.3 Å². The van der Waals surface area contributed by atoms with Crippen molar-refractivity contribution in [2.75, 3.05) is 19.6 Å². The fourth-order valence-corrected chi connectivity index (χ4v) is 2.10. The molecule has 0 aliphatic carbocycles. The summed E-state index contributed by atoms with van der Waals surface area (Å²) in [4.78, 5) is 36.0. The number of likely N-dealkylation sites (N-methyl/N-ethyl adjacent to an activating group) is 1. The number of carbonyl (C=O) groups excluding carboxylic acids is 2. The zero-order chi connectivity index (χ0) is 17.2. The van der Waals surface area contributed by atoms with E-state index in [4.69, 9.17) is 5.11 Å². The van der Waals surface area contributed by atoms with Crippen molar-refractivity contribution >= 4 is 17.8 Å². The third-order valence-electron chi connectivity index (χ3n) is 3.25. The third-order valence-corrected chi connectivity index (χ3v) is 3.25. The van der Waals surface area contributed by atoms with Crippen molar-refractivity contribution in [3.05, 3.63) is 35.9 Å². The van der Waals surface area contributed by atoms with E-state index in [2.05, 4.69) is 10.6 Å². The van der Waals surface area contributed by atoms with Crippen LogP contribution in [0, 0.1) is 0 Å². The van der Waals surface area contributed by atoms with Crippen LogP contribution in [0.15, 0.2) is 30.3 Å². The first-order valence-corrected chi connectivity index (χ1v) is 7.45. The Balaban J connectivity index is 2.65. The molecule has 1 aromatic rings. The molecule has 0 spiro atoms. The van der Waals surface area contributed by atoms with Gasteiger partial charge in [0.15, 0.2) is 0 Å². The molecule has 1 unspecified atom stereocenters. The average Bonchev–Trinajstić information content (AvgIpc) is 2.51. The maximum atomic E-state index is 12.3. The second-order valence-corrected chi connectivity index (χ2v) is 5.18. The van der Waals surface area contributed by atoms with Crippen molar-refractivity contribution in [1.29, 1.82) is 0 Å². The summed E-state index contributed by atoms with van der Waals surface area (Å²) in [5, 5.41) is 14.2. The second kappa shape index (κ2) is 9.58. The molecular weight excluding hydrogens is 298 g/mol. The lowest BCUT2D eigenvalue weighted by Crippen LogP contribution is -2.52. The second-order valence-electron chi connectivity index (χ2n) is 5.18. The Morgan fingerprint density at radius 2 is 1.87 bits per heavy atom. The topological polar surface area (TPSA) is 98.7 Å². The summed E-state index contributed by atoms with van der Waals surface area (Å²) in [5.74, 6) is -1.65. The summed E-state index contributed by atoms with van der Waals surface area (Å²) in [5.41, 5.74) is 0.945. The molecule has 23 heavy (non-hydrogen) atoms. The molecule has 2 amide bonds. The Bertz CT molecular complexity index is 533. The molecule has 0 aliphatic heterocycles. The highest BCUT2D eigenvalue weighted by Gasteiger charge is 2.22. The van der Waals surface area contributed by atoms with Gasteiger partial charge >= 0.3 is 5.97 Å². The molecular formula is C16H23N3O4. The lowest BCUT2D eigenvalue weighted by atomic mass is 10.2. The molecule has 0 aromatic heterocycles. The number of carbonyl (C=O) groups is 3. The lowest BCUT2D eigenvalue weighted by Gasteiger charge is -2.25. The van der Waals surface area contributed by atoms with E-state index in [0.29, 0.717) is 13.1 Å². The van der Waals surface area contributed by atoms with Gasteiger partial charge in [0.1, 0.15) is 6.04 Å². The van der Waals surface area contributed by atoms with Crippen LogP contribution >= 0.6 is 0 Å². The molecule has 7 heteroatoms. The number of carboxylic acid groups (broad SMARTS) is 1.